The van der Waals surface area contributed by atoms with Gasteiger partial charge >= 0.3 is 5.97 Å². The summed E-state index contributed by atoms with van der Waals surface area (Å²) in [7, 11) is 0. The summed E-state index contributed by atoms with van der Waals surface area (Å²) in [6.07, 6.45) is 0. The number of anilines is 1. The number of thiazole rings is 1. The van der Waals surface area contributed by atoms with Crippen molar-refractivity contribution in [3.63, 3.8) is 0 Å². The number of aromatic carboxylic acids is 1. The Balaban J connectivity index is 2.29. The van der Waals surface area contributed by atoms with E-state index < -0.39 is 11.9 Å². The Labute approximate surface area is 115 Å². The zero-order valence-electron chi connectivity index (χ0n) is 8.88. The van der Waals surface area contributed by atoms with E-state index in [1.54, 1.807) is 11.4 Å². The number of carboxylic acids is 1. The van der Waals surface area contributed by atoms with Crippen molar-refractivity contribution < 1.29 is 14.7 Å². The Kier molecular flexibility index (Phi) is 3.73. The maximum atomic E-state index is 11.8. The SMILES string of the molecule is O=C(Nc1ccc(Br)cc1C(=O)O)c1cscn1. The smallest absolute Gasteiger partial charge is 0.337 e. The maximum absolute atomic E-state index is 11.8. The summed E-state index contributed by atoms with van der Waals surface area (Å²) in [5.74, 6) is -1.54. The van der Waals surface area contributed by atoms with Crippen molar-refractivity contribution in [2.24, 2.45) is 0 Å². The van der Waals surface area contributed by atoms with Gasteiger partial charge in [0, 0.05) is 9.85 Å². The zero-order valence-corrected chi connectivity index (χ0v) is 11.3. The standard InChI is InChI=1S/C11H7BrN2O3S/c12-6-1-2-8(7(3-6)11(16)17)14-10(15)9-4-18-5-13-9/h1-5H,(H,14,15)(H,16,17). The molecular weight excluding hydrogens is 320 g/mol. The average Bonchev–Trinajstić information content (AvgIpc) is 2.84. The second-order valence-electron chi connectivity index (χ2n) is 3.32. The normalized spacial score (nSPS) is 10.1. The summed E-state index contributed by atoms with van der Waals surface area (Å²) < 4.78 is 0.631. The molecule has 1 aromatic heterocycles. The Bertz CT molecular complexity index is 598. The van der Waals surface area contributed by atoms with E-state index in [2.05, 4.69) is 26.2 Å². The lowest BCUT2D eigenvalue weighted by Gasteiger charge is -2.07. The molecule has 1 aromatic carbocycles. The van der Waals surface area contributed by atoms with E-state index in [9.17, 15) is 9.59 Å². The molecule has 92 valence electrons. The molecule has 0 aliphatic rings. The molecule has 0 aliphatic heterocycles. The number of aromatic nitrogens is 1. The van der Waals surface area contributed by atoms with Crippen molar-refractivity contribution >= 4 is 44.8 Å². The fourth-order valence-corrected chi connectivity index (χ4v) is 2.21. The predicted molar refractivity (Wildman–Crippen MR) is 71.2 cm³/mol. The molecule has 1 amide bonds. The van der Waals surface area contributed by atoms with Crippen LogP contribution in [-0.4, -0.2) is 22.0 Å². The van der Waals surface area contributed by atoms with Crippen LogP contribution in [0.3, 0.4) is 0 Å². The second-order valence-corrected chi connectivity index (χ2v) is 4.96. The highest BCUT2D eigenvalue weighted by Crippen LogP contribution is 2.21. The van der Waals surface area contributed by atoms with Crippen LogP contribution in [-0.2, 0) is 0 Å². The molecular formula is C11H7BrN2O3S. The van der Waals surface area contributed by atoms with E-state index in [1.165, 1.54) is 29.0 Å². The quantitative estimate of drug-likeness (QED) is 0.908. The van der Waals surface area contributed by atoms with Crippen LogP contribution in [0.2, 0.25) is 0 Å². The Hall–Kier alpha value is -1.73. The molecule has 0 bridgehead atoms. The lowest BCUT2D eigenvalue weighted by molar-refractivity contribution is 0.0698. The van der Waals surface area contributed by atoms with Gasteiger partial charge in [0.1, 0.15) is 5.69 Å². The molecule has 2 aromatic rings. The minimum Gasteiger partial charge on any atom is -0.478 e. The number of hydrogen-bond acceptors (Lipinski definition) is 4. The third-order valence-corrected chi connectivity index (χ3v) is 3.20. The minimum absolute atomic E-state index is 0.0213. The number of rotatable bonds is 3. The van der Waals surface area contributed by atoms with E-state index in [0.29, 0.717) is 4.47 Å². The highest BCUT2D eigenvalue weighted by atomic mass is 79.9. The van der Waals surface area contributed by atoms with Crippen molar-refractivity contribution in [3.05, 3.63) is 44.8 Å². The number of amides is 1. The van der Waals surface area contributed by atoms with Crippen LogP contribution in [0.15, 0.2) is 33.6 Å². The van der Waals surface area contributed by atoms with Crippen LogP contribution >= 0.6 is 27.3 Å². The fraction of sp³-hybridized carbons (Fsp3) is 0. The molecule has 0 fully saturated rings. The maximum Gasteiger partial charge on any atom is 0.337 e. The van der Waals surface area contributed by atoms with Gasteiger partial charge in [-0.15, -0.1) is 11.3 Å². The summed E-state index contributed by atoms with van der Waals surface area (Å²) in [4.78, 5) is 26.7. The number of halogens is 1. The first-order valence-corrected chi connectivity index (χ1v) is 6.54. The molecule has 1 heterocycles. The molecule has 5 nitrogen and oxygen atoms in total. The van der Waals surface area contributed by atoms with Gasteiger partial charge in [0.15, 0.2) is 0 Å². The Morgan fingerprint density at radius 1 is 1.39 bits per heavy atom. The molecule has 0 saturated carbocycles. The lowest BCUT2D eigenvalue weighted by Crippen LogP contribution is -2.15. The summed E-state index contributed by atoms with van der Waals surface area (Å²) in [6.45, 7) is 0. The summed E-state index contributed by atoms with van der Waals surface area (Å²) in [5.41, 5.74) is 2.06. The highest BCUT2D eigenvalue weighted by Gasteiger charge is 2.14. The van der Waals surface area contributed by atoms with Crippen molar-refractivity contribution in [2.75, 3.05) is 5.32 Å². The second kappa shape index (κ2) is 5.28. The predicted octanol–water partition coefficient (Wildman–Crippen LogP) is 2.86. The molecule has 18 heavy (non-hydrogen) atoms. The monoisotopic (exact) mass is 326 g/mol. The molecule has 0 aliphatic carbocycles. The van der Waals surface area contributed by atoms with Crippen LogP contribution in [0.4, 0.5) is 5.69 Å². The third kappa shape index (κ3) is 2.74. The van der Waals surface area contributed by atoms with Gasteiger partial charge in [-0.1, -0.05) is 15.9 Å². The van der Waals surface area contributed by atoms with E-state index in [-0.39, 0.29) is 16.9 Å². The molecule has 7 heteroatoms. The first-order valence-electron chi connectivity index (χ1n) is 4.80. The van der Waals surface area contributed by atoms with Gasteiger partial charge in [-0.2, -0.15) is 0 Å². The van der Waals surface area contributed by atoms with Gasteiger partial charge in [0.05, 0.1) is 16.8 Å². The van der Waals surface area contributed by atoms with Crippen molar-refractivity contribution in [2.45, 2.75) is 0 Å². The zero-order chi connectivity index (χ0) is 13.1. The van der Waals surface area contributed by atoms with Gasteiger partial charge in [0.25, 0.3) is 5.91 Å². The molecule has 0 saturated heterocycles. The van der Waals surface area contributed by atoms with E-state index >= 15 is 0 Å². The first-order chi connectivity index (χ1) is 8.58. The largest absolute Gasteiger partial charge is 0.478 e. The number of carbonyl (C=O) groups excluding carboxylic acids is 1. The van der Waals surface area contributed by atoms with Crippen molar-refractivity contribution in [3.8, 4) is 0 Å². The first kappa shape index (κ1) is 12.7. The van der Waals surface area contributed by atoms with Crippen LogP contribution in [0, 0.1) is 0 Å². The van der Waals surface area contributed by atoms with Gasteiger partial charge in [-0.25, -0.2) is 9.78 Å². The number of hydrogen-bond donors (Lipinski definition) is 2. The van der Waals surface area contributed by atoms with Crippen LogP contribution in [0.1, 0.15) is 20.8 Å². The number of nitrogens with one attached hydrogen (secondary N) is 1. The summed E-state index contributed by atoms with van der Waals surface area (Å²) in [5, 5.41) is 13.2. The molecule has 0 atom stereocenters. The number of carboxylic acid groups (broad SMARTS) is 1. The number of nitrogens with zero attached hydrogens (tertiary/aromatic N) is 1. The molecule has 0 unspecified atom stereocenters. The van der Waals surface area contributed by atoms with Crippen LogP contribution < -0.4 is 5.32 Å². The molecule has 0 radical (unpaired) electrons. The fourth-order valence-electron chi connectivity index (χ4n) is 1.31. The van der Waals surface area contributed by atoms with Crippen LogP contribution in [0.5, 0.6) is 0 Å². The molecule has 2 N–H and O–H groups in total. The molecule has 0 spiro atoms. The number of benzene rings is 1. The highest BCUT2D eigenvalue weighted by molar-refractivity contribution is 9.10. The van der Waals surface area contributed by atoms with Crippen LogP contribution in [0.25, 0.3) is 0 Å². The van der Waals surface area contributed by atoms with Gasteiger partial charge in [0.2, 0.25) is 0 Å². The summed E-state index contributed by atoms with van der Waals surface area (Å²) >= 11 is 4.48. The van der Waals surface area contributed by atoms with Crippen molar-refractivity contribution in [1.82, 2.24) is 4.98 Å². The Morgan fingerprint density at radius 2 is 2.17 bits per heavy atom. The van der Waals surface area contributed by atoms with E-state index in [0.717, 1.165) is 0 Å². The molecule has 2 rings (SSSR count). The topological polar surface area (TPSA) is 79.3 Å². The van der Waals surface area contributed by atoms with E-state index in [1.807, 2.05) is 0 Å². The third-order valence-electron chi connectivity index (χ3n) is 2.13. The number of carbonyl (C=O) groups is 2. The van der Waals surface area contributed by atoms with Gasteiger partial charge in [-0.3, -0.25) is 4.79 Å². The van der Waals surface area contributed by atoms with E-state index in [4.69, 9.17) is 5.11 Å². The van der Waals surface area contributed by atoms with Gasteiger partial charge < -0.3 is 10.4 Å². The minimum atomic E-state index is -1.11. The van der Waals surface area contributed by atoms with Crippen molar-refractivity contribution in [1.29, 1.82) is 0 Å². The lowest BCUT2D eigenvalue weighted by atomic mass is 10.2. The average molecular weight is 327 g/mol. The van der Waals surface area contributed by atoms with Gasteiger partial charge in [-0.05, 0) is 18.2 Å². The Morgan fingerprint density at radius 3 is 2.78 bits per heavy atom. The summed E-state index contributed by atoms with van der Waals surface area (Å²) in [6, 6.07) is 4.61.